The minimum absolute atomic E-state index is 0.0910. The average Bonchev–Trinajstić information content (AvgIpc) is 3.14. The van der Waals surface area contributed by atoms with E-state index < -0.39 is 0 Å². The number of nitrogens with zero attached hydrogens (tertiary/aromatic N) is 4. The minimum atomic E-state index is -0.207. The Kier molecular flexibility index (Phi) is 8.43. The molecule has 174 valence electrons. The fourth-order valence-electron chi connectivity index (χ4n) is 3.48. The lowest BCUT2D eigenvalue weighted by Gasteiger charge is -2.25. The molecular weight excluding hydrogens is 408 g/mol. The Bertz CT molecular complexity index is 907. The Morgan fingerprint density at radius 2 is 2.09 bits per heavy atom. The van der Waals surface area contributed by atoms with Crippen LogP contribution >= 0.6 is 0 Å². The molecule has 2 amide bonds. The van der Waals surface area contributed by atoms with Crippen LogP contribution in [0.2, 0.25) is 0 Å². The second-order valence-corrected chi connectivity index (χ2v) is 8.08. The summed E-state index contributed by atoms with van der Waals surface area (Å²) in [6, 6.07) is 7.82. The molecular formula is C22H34N8O2. The van der Waals surface area contributed by atoms with Crippen LogP contribution in [0.5, 0.6) is 0 Å². The maximum atomic E-state index is 11.8. The summed E-state index contributed by atoms with van der Waals surface area (Å²) >= 11 is 0. The van der Waals surface area contributed by atoms with Crippen LogP contribution in [0, 0.1) is 0 Å². The number of benzene rings is 1. The minimum Gasteiger partial charge on any atom is -0.377 e. The molecule has 1 aliphatic rings. The van der Waals surface area contributed by atoms with Gasteiger partial charge in [-0.15, -0.1) is 0 Å². The Morgan fingerprint density at radius 1 is 1.31 bits per heavy atom. The van der Waals surface area contributed by atoms with Crippen molar-refractivity contribution < 1.29 is 9.53 Å². The van der Waals surface area contributed by atoms with Gasteiger partial charge in [-0.25, -0.2) is 19.5 Å². The first-order valence-electron chi connectivity index (χ1n) is 11.1. The summed E-state index contributed by atoms with van der Waals surface area (Å²) in [5.41, 5.74) is 1.81. The van der Waals surface area contributed by atoms with Crippen molar-refractivity contribution in [2.45, 2.75) is 65.4 Å². The molecule has 1 unspecified atom stereocenters. The smallest absolute Gasteiger partial charge is 0.319 e. The molecule has 2 aromatic rings. The van der Waals surface area contributed by atoms with Gasteiger partial charge in [-0.05, 0) is 44.9 Å². The molecule has 3 rings (SSSR count). The van der Waals surface area contributed by atoms with Crippen LogP contribution in [0.3, 0.4) is 0 Å². The van der Waals surface area contributed by atoms with Crippen LogP contribution in [0.1, 0.15) is 44.4 Å². The average molecular weight is 443 g/mol. The van der Waals surface area contributed by atoms with E-state index in [4.69, 9.17) is 9.73 Å². The molecule has 0 fully saturated rings. The van der Waals surface area contributed by atoms with Gasteiger partial charge in [-0.2, -0.15) is 5.10 Å². The number of rotatable bonds is 8. The predicted octanol–water partition coefficient (Wildman–Crippen LogP) is 2.02. The number of nitrogens with one attached hydrogen (secondary N) is 4. The van der Waals surface area contributed by atoms with Crippen molar-refractivity contribution in [1.82, 2.24) is 30.7 Å². The lowest BCUT2D eigenvalue weighted by molar-refractivity contribution is 0.177. The van der Waals surface area contributed by atoms with Crippen molar-refractivity contribution in [2.24, 2.45) is 4.99 Å². The second-order valence-electron chi connectivity index (χ2n) is 8.08. The first-order chi connectivity index (χ1) is 15.5. The topological polar surface area (TPSA) is 117 Å². The van der Waals surface area contributed by atoms with Crippen LogP contribution in [0.15, 0.2) is 29.3 Å². The van der Waals surface area contributed by atoms with Gasteiger partial charge in [0.05, 0.1) is 13.1 Å². The van der Waals surface area contributed by atoms with Gasteiger partial charge >= 0.3 is 6.03 Å². The monoisotopic (exact) mass is 442 g/mol. The molecule has 2 heterocycles. The van der Waals surface area contributed by atoms with E-state index in [1.165, 1.54) is 0 Å². The normalized spacial score (nSPS) is 15.9. The van der Waals surface area contributed by atoms with Crippen molar-refractivity contribution >= 4 is 17.7 Å². The summed E-state index contributed by atoms with van der Waals surface area (Å²) in [7, 11) is 1.65. The number of methoxy groups -OCH3 is 1. The molecule has 32 heavy (non-hydrogen) atoms. The molecule has 4 N–H and O–H groups in total. The quantitative estimate of drug-likeness (QED) is 0.367. The summed E-state index contributed by atoms with van der Waals surface area (Å²) in [4.78, 5) is 21.1. The van der Waals surface area contributed by atoms with E-state index in [0.717, 1.165) is 54.8 Å². The third kappa shape index (κ3) is 6.94. The Hall–Kier alpha value is -3.14. The van der Waals surface area contributed by atoms with Crippen molar-refractivity contribution in [3.63, 3.8) is 0 Å². The number of aromatic nitrogens is 3. The maximum Gasteiger partial charge on any atom is 0.319 e. The SMILES string of the molecule is CCNC(=NCc1ccc(NC(=O)NC(C)C)cc1)NC1CCc2nc(COC)nn2C1. The predicted molar refractivity (Wildman–Crippen MR) is 125 cm³/mol. The van der Waals surface area contributed by atoms with E-state index in [0.29, 0.717) is 13.2 Å². The molecule has 1 aliphatic heterocycles. The van der Waals surface area contributed by atoms with Gasteiger partial charge in [0.1, 0.15) is 12.4 Å². The first-order valence-corrected chi connectivity index (χ1v) is 11.1. The molecule has 1 aromatic carbocycles. The molecule has 10 nitrogen and oxygen atoms in total. The first kappa shape index (κ1) is 23.5. The number of ether oxygens (including phenoxy) is 1. The summed E-state index contributed by atoms with van der Waals surface area (Å²) in [6.07, 6.45) is 1.83. The zero-order chi connectivity index (χ0) is 22.9. The molecule has 1 atom stereocenters. The van der Waals surface area contributed by atoms with E-state index >= 15 is 0 Å². The molecule has 0 bridgehead atoms. The lowest BCUT2D eigenvalue weighted by Crippen LogP contribution is -2.47. The number of hydrogen-bond donors (Lipinski definition) is 4. The van der Waals surface area contributed by atoms with Crippen molar-refractivity contribution in [2.75, 3.05) is 19.0 Å². The zero-order valence-electron chi connectivity index (χ0n) is 19.3. The molecule has 0 aliphatic carbocycles. The van der Waals surface area contributed by atoms with Gasteiger partial charge < -0.3 is 26.0 Å². The van der Waals surface area contributed by atoms with Gasteiger partial charge in [0.25, 0.3) is 0 Å². The number of carbonyl (C=O) groups excluding carboxylic acids is 1. The van der Waals surface area contributed by atoms with E-state index in [1.807, 2.05) is 49.7 Å². The van der Waals surface area contributed by atoms with Crippen LogP contribution < -0.4 is 21.3 Å². The molecule has 0 radical (unpaired) electrons. The number of urea groups is 1. The number of fused-ring (bicyclic) bond motifs is 1. The van der Waals surface area contributed by atoms with E-state index in [1.54, 1.807) is 7.11 Å². The van der Waals surface area contributed by atoms with E-state index in [2.05, 4.69) is 31.3 Å². The van der Waals surface area contributed by atoms with Crippen molar-refractivity contribution in [3.8, 4) is 0 Å². The highest BCUT2D eigenvalue weighted by atomic mass is 16.5. The fourth-order valence-corrected chi connectivity index (χ4v) is 3.48. The molecule has 10 heteroatoms. The Labute approximate surface area is 189 Å². The van der Waals surface area contributed by atoms with E-state index in [-0.39, 0.29) is 18.1 Å². The van der Waals surface area contributed by atoms with Gasteiger partial charge in [0.2, 0.25) is 0 Å². The number of guanidine groups is 1. The van der Waals surface area contributed by atoms with Crippen LogP contribution in [0.25, 0.3) is 0 Å². The number of aliphatic imine (C=N–C) groups is 1. The van der Waals surface area contributed by atoms with Crippen molar-refractivity contribution in [3.05, 3.63) is 41.5 Å². The zero-order valence-corrected chi connectivity index (χ0v) is 19.3. The third-order valence-electron chi connectivity index (χ3n) is 4.91. The molecule has 0 saturated carbocycles. The maximum absolute atomic E-state index is 11.8. The van der Waals surface area contributed by atoms with Crippen LogP contribution in [-0.4, -0.2) is 52.5 Å². The van der Waals surface area contributed by atoms with Gasteiger partial charge in [0.15, 0.2) is 11.8 Å². The van der Waals surface area contributed by atoms with Gasteiger partial charge in [0, 0.05) is 37.8 Å². The number of anilines is 1. The highest BCUT2D eigenvalue weighted by Crippen LogP contribution is 2.14. The summed E-state index contributed by atoms with van der Waals surface area (Å²) in [6.45, 7) is 8.38. The number of amides is 2. The highest BCUT2D eigenvalue weighted by molar-refractivity contribution is 5.89. The molecule has 0 saturated heterocycles. The highest BCUT2D eigenvalue weighted by Gasteiger charge is 2.22. The lowest BCUT2D eigenvalue weighted by atomic mass is 10.1. The fraction of sp³-hybridized carbons (Fsp3) is 0.545. The Balaban J connectivity index is 1.56. The number of aryl methyl sites for hydroxylation is 1. The third-order valence-corrected chi connectivity index (χ3v) is 4.91. The van der Waals surface area contributed by atoms with Gasteiger partial charge in [-0.3, -0.25) is 0 Å². The van der Waals surface area contributed by atoms with E-state index in [9.17, 15) is 4.79 Å². The summed E-state index contributed by atoms with van der Waals surface area (Å²) < 4.78 is 7.10. The standard InChI is InChI=1S/C22H34N8O2/c1-5-23-21(26-18-10-11-20-28-19(14-32-4)29-30(20)13-18)24-12-16-6-8-17(9-7-16)27-22(31)25-15(2)3/h6-9,15,18H,5,10-14H2,1-4H3,(H2,23,24,26)(H2,25,27,31). The largest absolute Gasteiger partial charge is 0.377 e. The van der Waals surface area contributed by atoms with Crippen LogP contribution in [0.4, 0.5) is 10.5 Å². The van der Waals surface area contributed by atoms with Crippen LogP contribution in [-0.2, 0) is 30.9 Å². The van der Waals surface area contributed by atoms with Crippen molar-refractivity contribution in [1.29, 1.82) is 0 Å². The number of hydrogen-bond acceptors (Lipinski definition) is 5. The Morgan fingerprint density at radius 3 is 2.78 bits per heavy atom. The second kappa shape index (κ2) is 11.5. The molecule has 1 aromatic heterocycles. The number of carbonyl (C=O) groups is 1. The summed E-state index contributed by atoms with van der Waals surface area (Å²) in [5.74, 6) is 2.51. The summed E-state index contributed by atoms with van der Waals surface area (Å²) in [5, 5.41) is 17.0. The molecule has 0 spiro atoms. The van der Waals surface area contributed by atoms with Gasteiger partial charge in [-0.1, -0.05) is 12.1 Å².